The number of anilines is 1. The van der Waals surface area contributed by atoms with Gasteiger partial charge in [-0.3, -0.25) is 4.99 Å². The number of pyridine rings is 1. The van der Waals surface area contributed by atoms with E-state index in [-0.39, 0.29) is 5.92 Å². The van der Waals surface area contributed by atoms with E-state index in [9.17, 15) is 13.2 Å². The summed E-state index contributed by atoms with van der Waals surface area (Å²) in [5.74, 6) is 1.56. The van der Waals surface area contributed by atoms with Crippen molar-refractivity contribution in [3.8, 4) is 0 Å². The number of halogens is 3. The van der Waals surface area contributed by atoms with Crippen LogP contribution in [0, 0.1) is 0 Å². The van der Waals surface area contributed by atoms with E-state index >= 15 is 0 Å². The number of alkyl halides is 3. The number of aliphatic imine (C=N–C) groups is 1. The number of hydrogen-bond donors (Lipinski definition) is 2. The highest BCUT2D eigenvalue weighted by Crippen LogP contribution is 2.31. The van der Waals surface area contributed by atoms with Crippen LogP contribution < -0.4 is 15.5 Å². The van der Waals surface area contributed by atoms with Gasteiger partial charge >= 0.3 is 6.18 Å². The van der Waals surface area contributed by atoms with Gasteiger partial charge in [0.05, 0.1) is 18.8 Å². The van der Waals surface area contributed by atoms with E-state index in [4.69, 9.17) is 4.74 Å². The van der Waals surface area contributed by atoms with E-state index in [2.05, 4.69) is 25.5 Å². The van der Waals surface area contributed by atoms with Gasteiger partial charge in [-0.2, -0.15) is 13.2 Å². The van der Waals surface area contributed by atoms with Crippen molar-refractivity contribution in [3.05, 3.63) is 59.3 Å². The number of guanidine groups is 1. The molecule has 1 saturated heterocycles. The van der Waals surface area contributed by atoms with Crippen LogP contribution in [-0.2, 0) is 17.5 Å². The molecule has 32 heavy (non-hydrogen) atoms. The SMILES string of the molecule is CN=C(NCCC(C)c1cccc(C(F)(F)F)c1)NCc1cccnc1N1CCOCC1. The molecule has 174 valence electrons. The monoisotopic (exact) mass is 449 g/mol. The van der Waals surface area contributed by atoms with Crippen molar-refractivity contribution in [1.29, 1.82) is 0 Å². The Labute approximate surface area is 186 Å². The van der Waals surface area contributed by atoms with Gasteiger partial charge < -0.3 is 20.3 Å². The van der Waals surface area contributed by atoms with Crippen LogP contribution in [0.3, 0.4) is 0 Å². The molecule has 9 heteroatoms. The van der Waals surface area contributed by atoms with Gasteiger partial charge in [-0.05, 0) is 30.0 Å². The van der Waals surface area contributed by atoms with E-state index in [1.54, 1.807) is 19.3 Å². The Morgan fingerprint density at radius 2 is 1.97 bits per heavy atom. The predicted molar refractivity (Wildman–Crippen MR) is 120 cm³/mol. The highest BCUT2D eigenvalue weighted by molar-refractivity contribution is 5.79. The molecule has 1 aromatic carbocycles. The maximum Gasteiger partial charge on any atom is 0.416 e. The van der Waals surface area contributed by atoms with Crippen LogP contribution >= 0.6 is 0 Å². The topological polar surface area (TPSA) is 61.8 Å². The van der Waals surface area contributed by atoms with Crippen LogP contribution in [0.1, 0.15) is 36.0 Å². The molecule has 3 rings (SSSR count). The van der Waals surface area contributed by atoms with Gasteiger partial charge in [0.15, 0.2) is 5.96 Å². The zero-order chi connectivity index (χ0) is 23.0. The second-order valence-corrected chi connectivity index (χ2v) is 7.75. The van der Waals surface area contributed by atoms with Gasteiger partial charge in [-0.1, -0.05) is 31.2 Å². The molecular weight excluding hydrogens is 419 g/mol. The summed E-state index contributed by atoms with van der Waals surface area (Å²) >= 11 is 0. The third-order valence-electron chi connectivity index (χ3n) is 5.50. The minimum atomic E-state index is -4.33. The predicted octanol–water partition coefficient (Wildman–Crippen LogP) is 3.80. The van der Waals surface area contributed by atoms with Gasteiger partial charge in [0.1, 0.15) is 5.82 Å². The second-order valence-electron chi connectivity index (χ2n) is 7.75. The Balaban J connectivity index is 1.51. The van der Waals surface area contributed by atoms with Gasteiger partial charge in [0.25, 0.3) is 0 Å². The number of ether oxygens (including phenoxy) is 1. The van der Waals surface area contributed by atoms with Crippen molar-refractivity contribution in [2.45, 2.75) is 32.0 Å². The normalized spacial score (nSPS) is 16.0. The molecule has 1 aliphatic heterocycles. The van der Waals surface area contributed by atoms with Gasteiger partial charge in [-0.25, -0.2) is 4.98 Å². The summed E-state index contributed by atoms with van der Waals surface area (Å²) in [6.45, 7) is 6.07. The fourth-order valence-corrected chi connectivity index (χ4v) is 3.62. The highest BCUT2D eigenvalue weighted by Gasteiger charge is 2.30. The lowest BCUT2D eigenvalue weighted by atomic mass is 9.96. The molecule has 0 radical (unpaired) electrons. The third-order valence-corrected chi connectivity index (χ3v) is 5.50. The first kappa shape index (κ1) is 23.8. The number of morpholine rings is 1. The summed E-state index contributed by atoms with van der Waals surface area (Å²) < 4.78 is 44.3. The minimum absolute atomic E-state index is 0.0193. The fraction of sp³-hybridized carbons (Fsp3) is 0.478. The van der Waals surface area contributed by atoms with Crippen molar-refractivity contribution in [3.63, 3.8) is 0 Å². The number of nitrogens with zero attached hydrogens (tertiary/aromatic N) is 3. The smallest absolute Gasteiger partial charge is 0.378 e. The van der Waals surface area contributed by atoms with Crippen molar-refractivity contribution in [2.75, 3.05) is 44.8 Å². The molecule has 2 heterocycles. The Hall–Kier alpha value is -2.81. The number of hydrogen-bond acceptors (Lipinski definition) is 4. The van der Waals surface area contributed by atoms with E-state index in [1.165, 1.54) is 12.1 Å². The molecule has 0 saturated carbocycles. The van der Waals surface area contributed by atoms with Crippen molar-refractivity contribution < 1.29 is 17.9 Å². The van der Waals surface area contributed by atoms with E-state index in [0.29, 0.717) is 44.2 Å². The summed E-state index contributed by atoms with van der Waals surface area (Å²) in [6, 6.07) is 9.48. The molecule has 1 fully saturated rings. The average molecular weight is 450 g/mol. The number of aromatic nitrogens is 1. The molecular formula is C23H30F3N5O. The summed E-state index contributed by atoms with van der Waals surface area (Å²) in [4.78, 5) is 11.0. The molecule has 0 amide bonds. The Morgan fingerprint density at radius 3 is 2.69 bits per heavy atom. The van der Waals surface area contributed by atoms with Gasteiger partial charge in [0.2, 0.25) is 0 Å². The third kappa shape index (κ3) is 6.59. The van der Waals surface area contributed by atoms with Crippen LogP contribution in [0.15, 0.2) is 47.6 Å². The van der Waals surface area contributed by atoms with Crippen molar-refractivity contribution >= 4 is 11.8 Å². The highest BCUT2D eigenvalue weighted by atomic mass is 19.4. The van der Waals surface area contributed by atoms with Crippen LogP contribution in [0.25, 0.3) is 0 Å². The minimum Gasteiger partial charge on any atom is -0.378 e. The fourth-order valence-electron chi connectivity index (χ4n) is 3.62. The van der Waals surface area contributed by atoms with Crippen molar-refractivity contribution in [2.24, 2.45) is 4.99 Å². The molecule has 0 bridgehead atoms. The second kappa shape index (κ2) is 11.2. The van der Waals surface area contributed by atoms with Crippen LogP contribution in [0.4, 0.5) is 19.0 Å². The standard InChI is InChI=1S/C23H30F3N5O/c1-17(18-5-3-7-20(15-18)23(24,25)26)8-10-29-22(27-2)30-16-19-6-4-9-28-21(19)31-11-13-32-14-12-31/h3-7,9,15,17H,8,10-14,16H2,1-2H3,(H2,27,29,30). The lowest BCUT2D eigenvalue weighted by molar-refractivity contribution is -0.137. The molecule has 2 aromatic rings. The molecule has 1 atom stereocenters. The number of benzene rings is 1. The van der Waals surface area contributed by atoms with E-state index < -0.39 is 11.7 Å². The largest absolute Gasteiger partial charge is 0.416 e. The molecule has 0 aliphatic carbocycles. The lowest BCUT2D eigenvalue weighted by Gasteiger charge is -2.29. The average Bonchev–Trinajstić information content (AvgIpc) is 2.81. The number of nitrogens with one attached hydrogen (secondary N) is 2. The Bertz CT molecular complexity index is 897. The quantitative estimate of drug-likeness (QED) is 0.498. The first-order chi connectivity index (χ1) is 15.4. The molecule has 2 N–H and O–H groups in total. The Kier molecular flexibility index (Phi) is 8.33. The van der Waals surface area contributed by atoms with Gasteiger partial charge in [-0.15, -0.1) is 0 Å². The zero-order valence-electron chi connectivity index (χ0n) is 18.5. The summed E-state index contributed by atoms with van der Waals surface area (Å²) in [5.41, 5.74) is 1.13. The molecule has 1 aromatic heterocycles. The zero-order valence-corrected chi connectivity index (χ0v) is 18.5. The first-order valence-electron chi connectivity index (χ1n) is 10.8. The van der Waals surface area contributed by atoms with Crippen LogP contribution in [-0.4, -0.2) is 50.8 Å². The van der Waals surface area contributed by atoms with Crippen LogP contribution in [0.2, 0.25) is 0 Å². The van der Waals surface area contributed by atoms with E-state index in [1.807, 2.05) is 19.1 Å². The Morgan fingerprint density at radius 1 is 1.19 bits per heavy atom. The molecule has 1 unspecified atom stereocenters. The lowest BCUT2D eigenvalue weighted by Crippen LogP contribution is -2.39. The van der Waals surface area contributed by atoms with Crippen molar-refractivity contribution in [1.82, 2.24) is 15.6 Å². The number of rotatable bonds is 7. The van der Waals surface area contributed by atoms with Crippen LogP contribution in [0.5, 0.6) is 0 Å². The maximum atomic E-state index is 13.0. The van der Waals surface area contributed by atoms with E-state index in [0.717, 1.165) is 30.5 Å². The summed E-state index contributed by atoms with van der Waals surface area (Å²) in [6.07, 6.45) is -1.86. The summed E-state index contributed by atoms with van der Waals surface area (Å²) in [5, 5.41) is 6.55. The first-order valence-corrected chi connectivity index (χ1v) is 10.8. The van der Waals surface area contributed by atoms with Gasteiger partial charge in [0, 0.05) is 45.0 Å². The summed E-state index contributed by atoms with van der Waals surface area (Å²) in [7, 11) is 1.69. The molecule has 1 aliphatic rings. The molecule has 0 spiro atoms. The maximum absolute atomic E-state index is 13.0. The molecule has 6 nitrogen and oxygen atoms in total.